The standard InChI is InChI=1S/C18H17N3O2S/c22-16-7-4-9-21(16)10-8-15-19-13-11-14(12-5-2-1-3-6-12)24-17(13)18(23)20-15/h1-3,5-6,11H,4,7-10H2,(H,19,20,23). The van der Waals surface area contributed by atoms with Crippen molar-refractivity contribution in [3.05, 3.63) is 52.6 Å². The summed E-state index contributed by atoms with van der Waals surface area (Å²) in [5.74, 6) is 0.838. The van der Waals surface area contributed by atoms with E-state index in [1.807, 2.05) is 41.3 Å². The van der Waals surface area contributed by atoms with Crippen LogP contribution in [0.15, 0.2) is 41.2 Å². The van der Waals surface area contributed by atoms with Crippen molar-refractivity contribution in [3.8, 4) is 10.4 Å². The molecule has 0 atom stereocenters. The maximum Gasteiger partial charge on any atom is 0.268 e. The molecule has 0 bridgehead atoms. The highest BCUT2D eigenvalue weighted by molar-refractivity contribution is 7.22. The minimum absolute atomic E-state index is 0.102. The summed E-state index contributed by atoms with van der Waals surface area (Å²) >= 11 is 1.46. The number of thiophene rings is 1. The number of carbonyl (C=O) groups is 1. The van der Waals surface area contributed by atoms with E-state index >= 15 is 0 Å². The highest BCUT2D eigenvalue weighted by Crippen LogP contribution is 2.30. The first-order valence-corrected chi connectivity index (χ1v) is 8.88. The van der Waals surface area contributed by atoms with Crippen molar-refractivity contribution in [1.82, 2.24) is 14.9 Å². The van der Waals surface area contributed by atoms with E-state index in [4.69, 9.17) is 0 Å². The Morgan fingerprint density at radius 3 is 2.79 bits per heavy atom. The predicted molar refractivity (Wildman–Crippen MR) is 95.2 cm³/mol. The number of likely N-dealkylation sites (tertiary alicyclic amines) is 1. The molecule has 0 spiro atoms. The molecule has 122 valence electrons. The van der Waals surface area contributed by atoms with Gasteiger partial charge in [0, 0.05) is 30.8 Å². The van der Waals surface area contributed by atoms with Gasteiger partial charge in [-0.2, -0.15) is 0 Å². The van der Waals surface area contributed by atoms with Crippen LogP contribution in [0.3, 0.4) is 0 Å². The second-order valence-electron chi connectivity index (χ2n) is 5.94. The molecule has 1 amide bonds. The molecule has 3 aromatic rings. The molecule has 24 heavy (non-hydrogen) atoms. The van der Waals surface area contributed by atoms with Crippen LogP contribution in [0.5, 0.6) is 0 Å². The van der Waals surface area contributed by atoms with Crippen molar-refractivity contribution in [2.24, 2.45) is 0 Å². The third kappa shape index (κ3) is 2.85. The summed E-state index contributed by atoms with van der Waals surface area (Å²) in [6.07, 6.45) is 2.13. The number of rotatable bonds is 4. The van der Waals surface area contributed by atoms with Crippen LogP contribution in [0, 0.1) is 0 Å². The van der Waals surface area contributed by atoms with Crippen LogP contribution in [-0.2, 0) is 11.2 Å². The normalized spacial score (nSPS) is 14.7. The Bertz CT molecular complexity index is 946. The van der Waals surface area contributed by atoms with Gasteiger partial charge in [-0.15, -0.1) is 11.3 Å². The van der Waals surface area contributed by atoms with Crippen LogP contribution in [0.4, 0.5) is 0 Å². The Kier molecular flexibility index (Phi) is 3.90. The van der Waals surface area contributed by atoms with Crippen molar-refractivity contribution in [2.45, 2.75) is 19.3 Å². The Hall–Kier alpha value is -2.47. The highest BCUT2D eigenvalue weighted by atomic mass is 32.1. The van der Waals surface area contributed by atoms with Crippen molar-refractivity contribution >= 4 is 27.5 Å². The number of amides is 1. The SMILES string of the molecule is O=C1CCCN1CCc1nc2cc(-c3ccccc3)sc2c(=O)[nH]1. The average molecular weight is 339 g/mol. The molecule has 5 nitrogen and oxygen atoms in total. The molecule has 1 N–H and O–H groups in total. The number of aromatic amines is 1. The van der Waals surface area contributed by atoms with E-state index < -0.39 is 0 Å². The summed E-state index contributed by atoms with van der Waals surface area (Å²) in [4.78, 5) is 34.3. The number of H-pyrrole nitrogens is 1. The van der Waals surface area contributed by atoms with Crippen molar-refractivity contribution in [3.63, 3.8) is 0 Å². The van der Waals surface area contributed by atoms with Crippen LogP contribution >= 0.6 is 11.3 Å². The van der Waals surface area contributed by atoms with Gasteiger partial charge < -0.3 is 9.88 Å². The molecule has 1 aliphatic rings. The minimum atomic E-state index is -0.102. The summed E-state index contributed by atoms with van der Waals surface area (Å²) in [5.41, 5.74) is 1.71. The van der Waals surface area contributed by atoms with E-state index in [9.17, 15) is 9.59 Å². The van der Waals surface area contributed by atoms with Crippen LogP contribution in [-0.4, -0.2) is 33.9 Å². The molecule has 2 aromatic heterocycles. The van der Waals surface area contributed by atoms with E-state index in [-0.39, 0.29) is 11.5 Å². The maximum atomic E-state index is 12.3. The Morgan fingerprint density at radius 2 is 2.04 bits per heavy atom. The second-order valence-corrected chi connectivity index (χ2v) is 6.99. The fraction of sp³-hybridized carbons (Fsp3) is 0.278. The third-order valence-electron chi connectivity index (χ3n) is 4.28. The lowest BCUT2D eigenvalue weighted by Gasteiger charge is -2.14. The van der Waals surface area contributed by atoms with E-state index in [2.05, 4.69) is 9.97 Å². The van der Waals surface area contributed by atoms with Crippen molar-refractivity contribution in [1.29, 1.82) is 0 Å². The summed E-state index contributed by atoms with van der Waals surface area (Å²) in [5, 5.41) is 0. The molecule has 0 aliphatic carbocycles. The molecular formula is C18H17N3O2S. The fourth-order valence-electron chi connectivity index (χ4n) is 3.03. The molecule has 6 heteroatoms. The van der Waals surface area contributed by atoms with Gasteiger partial charge in [-0.3, -0.25) is 9.59 Å². The van der Waals surface area contributed by atoms with Crippen LogP contribution in [0.25, 0.3) is 20.7 Å². The molecule has 1 aliphatic heterocycles. The lowest BCUT2D eigenvalue weighted by molar-refractivity contribution is -0.127. The summed E-state index contributed by atoms with van der Waals surface area (Å²) in [6.45, 7) is 1.42. The molecule has 0 saturated carbocycles. The summed E-state index contributed by atoms with van der Waals surface area (Å²) in [7, 11) is 0. The summed E-state index contributed by atoms with van der Waals surface area (Å²) < 4.78 is 0.648. The first-order chi connectivity index (χ1) is 11.7. The van der Waals surface area contributed by atoms with Crippen LogP contribution in [0.1, 0.15) is 18.7 Å². The zero-order valence-corrected chi connectivity index (χ0v) is 13.9. The fourth-order valence-corrected chi connectivity index (χ4v) is 4.03. The smallest absolute Gasteiger partial charge is 0.268 e. The van der Waals surface area contributed by atoms with Crippen LogP contribution in [0.2, 0.25) is 0 Å². The first-order valence-electron chi connectivity index (χ1n) is 8.06. The van der Waals surface area contributed by atoms with Gasteiger partial charge in [-0.05, 0) is 18.1 Å². The van der Waals surface area contributed by atoms with Gasteiger partial charge in [-0.1, -0.05) is 30.3 Å². The highest BCUT2D eigenvalue weighted by Gasteiger charge is 2.20. The topological polar surface area (TPSA) is 66.1 Å². The lowest BCUT2D eigenvalue weighted by Crippen LogP contribution is -2.27. The number of aromatic nitrogens is 2. The van der Waals surface area contributed by atoms with Gasteiger partial charge in [-0.25, -0.2) is 4.98 Å². The quantitative estimate of drug-likeness (QED) is 0.795. The Morgan fingerprint density at radius 1 is 1.21 bits per heavy atom. The van der Waals surface area contributed by atoms with Crippen molar-refractivity contribution in [2.75, 3.05) is 13.1 Å². The van der Waals surface area contributed by atoms with Gasteiger partial charge in [0.15, 0.2) is 0 Å². The van der Waals surface area contributed by atoms with Gasteiger partial charge in [0.25, 0.3) is 5.56 Å². The first kappa shape index (κ1) is 15.1. The number of nitrogens with zero attached hydrogens (tertiary/aromatic N) is 2. The molecule has 1 aromatic carbocycles. The van der Waals surface area contributed by atoms with Gasteiger partial charge in [0.1, 0.15) is 10.5 Å². The van der Waals surface area contributed by atoms with Crippen molar-refractivity contribution < 1.29 is 4.79 Å². The average Bonchev–Trinajstić information content (AvgIpc) is 3.20. The zero-order chi connectivity index (χ0) is 16.5. The van der Waals surface area contributed by atoms with E-state index in [1.54, 1.807) is 0 Å². The van der Waals surface area contributed by atoms with E-state index in [0.29, 0.717) is 29.9 Å². The lowest BCUT2D eigenvalue weighted by atomic mass is 10.2. The monoisotopic (exact) mass is 339 g/mol. The molecule has 0 radical (unpaired) electrons. The van der Waals surface area contributed by atoms with Gasteiger partial charge >= 0.3 is 0 Å². The number of benzene rings is 1. The number of carbonyl (C=O) groups excluding carboxylic acids is 1. The van der Waals surface area contributed by atoms with Gasteiger partial charge in [0.05, 0.1) is 5.52 Å². The van der Waals surface area contributed by atoms with Gasteiger partial charge in [0.2, 0.25) is 5.91 Å². The molecule has 1 saturated heterocycles. The largest absolute Gasteiger partial charge is 0.342 e. The number of hydrogen-bond donors (Lipinski definition) is 1. The molecule has 3 heterocycles. The predicted octanol–water partition coefficient (Wildman–Crippen LogP) is 2.82. The van der Waals surface area contributed by atoms with E-state index in [1.165, 1.54) is 11.3 Å². The molecular weight excluding hydrogens is 322 g/mol. The molecule has 4 rings (SSSR count). The zero-order valence-electron chi connectivity index (χ0n) is 13.1. The van der Waals surface area contributed by atoms with E-state index in [0.717, 1.165) is 28.9 Å². The Labute approximate surface area is 143 Å². The molecule has 1 fully saturated rings. The van der Waals surface area contributed by atoms with Crippen LogP contribution < -0.4 is 5.56 Å². The maximum absolute atomic E-state index is 12.3. The number of hydrogen-bond acceptors (Lipinski definition) is 4. The third-order valence-corrected chi connectivity index (χ3v) is 5.45. The second kappa shape index (κ2) is 6.20. The summed E-state index contributed by atoms with van der Waals surface area (Å²) in [6, 6.07) is 12.0. The molecule has 0 unspecified atom stereocenters. The number of nitrogens with one attached hydrogen (secondary N) is 1. The number of fused-ring (bicyclic) bond motifs is 1. The Balaban J connectivity index is 1.62. The minimum Gasteiger partial charge on any atom is -0.342 e.